The van der Waals surface area contributed by atoms with Gasteiger partial charge in [-0.3, -0.25) is 4.79 Å². The van der Waals surface area contributed by atoms with Crippen molar-refractivity contribution in [2.24, 2.45) is 11.8 Å². The Morgan fingerprint density at radius 3 is 2.62 bits per heavy atom. The highest BCUT2D eigenvalue weighted by molar-refractivity contribution is 5.77. The maximum Gasteiger partial charge on any atom is 0.223 e. The minimum atomic E-state index is 0.444. The van der Waals surface area contributed by atoms with Gasteiger partial charge in [0.2, 0.25) is 5.91 Å². The molecule has 3 rings (SSSR count). The van der Waals surface area contributed by atoms with Crippen LogP contribution in [-0.2, 0) is 4.79 Å². The predicted octanol–water partition coefficient (Wildman–Crippen LogP) is 1.39. The van der Waals surface area contributed by atoms with Gasteiger partial charge in [-0.1, -0.05) is 0 Å². The Morgan fingerprint density at radius 2 is 2.00 bits per heavy atom. The van der Waals surface area contributed by atoms with E-state index in [-0.39, 0.29) is 0 Å². The molecule has 2 heterocycles. The quantitative estimate of drug-likeness (QED) is 0.765. The summed E-state index contributed by atoms with van der Waals surface area (Å²) in [6, 6.07) is 0.610. The first-order chi connectivity index (χ1) is 7.83. The zero-order valence-electron chi connectivity index (χ0n) is 9.95. The molecule has 0 aromatic carbocycles. The van der Waals surface area contributed by atoms with E-state index in [1.807, 2.05) is 0 Å². The summed E-state index contributed by atoms with van der Waals surface area (Å²) in [5.74, 6) is 1.92. The lowest BCUT2D eigenvalue weighted by atomic mass is 9.94. The summed E-state index contributed by atoms with van der Waals surface area (Å²) in [6.07, 6.45) is 7.11. The number of hydrogen-bond donors (Lipinski definition) is 1. The molecule has 2 atom stereocenters. The van der Waals surface area contributed by atoms with Crippen LogP contribution in [0.3, 0.4) is 0 Å². The van der Waals surface area contributed by atoms with Gasteiger partial charge in [0.15, 0.2) is 0 Å². The van der Waals surface area contributed by atoms with Crippen molar-refractivity contribution < 1.29 is 4.79 Å². The Hall–Kier alpha value is -0.570. The number of likely N-dealkylation sites (tertiary alicyclic amines) is 1. The first-order valence-electron chi connectivity index (χ1n) is 6.83. The van der Waals surface area contributed by atoms with Gasteiger partial charge >= 0.3 is 0 Å². The lowest BCUT2D eigenvalue weighted by Crippen LogP contribution is -2.39. The maximum absolute atomic E-state index is 12.2. The molecule has 3 aliphatic rings. The van der Waals surface area contributed by atoms with E-state index in [2.05, 4.69) is 10.2 Å². The molecule has 1 N–H and O–H groups in total. The third kappa shape index (κ3) is 1.97. The van der Waals surface area contributed by atoms with Crippen LogP contribution in [0.1, 0.15) is 38.5 Å². The van der Waals surface area contributed by atoms with Gasteiger partial charge in [-0.15, -0.1) is 0 Å². The fraction of sp³-hybridized carbons (Fsp3) is 0.923. The van der Waals surface area contributed by atoms with Crippen molar-refractivity contribution in [1.82, 2.24) is 10.2 Å². The normalized spacial score (nSPS) is 34.6. The van der Waals surface area contributed by atoms with Crippen LogP contribution in [0.25, 0.3) is 0 Å². The Labute approximate surface area is 97.6 Å². The second kappa shape index (κ2) is 4.36. The van der Waals surface area contributed by atoms with Gasteiger partial charge in [-0.25, -0.2) is 0 Å². The van der Waals surface area contributed by atoms with Crippen molar-refractivity contribution in [3.05, 3.63) is 0 Å². The first-order valence-corrected chi connectivity index (χ1v) is 6.83. The van der Waals surface area contributed by atoms with Crippen LogP contribution >= 0.6 is 0 Å². The molecule has 0 unspecified atom stereocenters. The highest BCUT2D eigenvalue weighted by Gasteiger charge is 2.40. The Bertz CT molecular complexity index is 273. The number of nitrogens with zero attached hydrogens (tertiary/aromatic N) is 1. The van der Waals surface area contributed by atoms with Gasteiger partial charge in [-0.05, 0) is 57.0 Å². The molecular weight excluding hydrogens is 200 g/mol. The summed E-state index contributed by atoms with van der Waals surface area (Å²) in [4.78, 5) is 14.4. The molecule has 0 spiro atoms. The van der Waals surface area contributed by atoms with Gasteiger partial charge in [0.1, 0.15) is 0 Å². The molecule has 0 aromatic rings. The monoisotopic (exact) mass is 222 g/mol. The lowest BCUT2D eigenvalue weighted by Gasteiger charge is -2.30. The molecule has 0 aromatic heterocycles. The second-order valence-corrected chi connectivity index (χ2v) is 5.78. The summed E-state index contributed by atoms with van der Waals surface area (Å²) in [6.45, 7) is 3.27. The lowest BCUT2D eigenvalue weighted by molar-refractivity contribution is -0.134. The minimum absolute atomic E-state index is 0.444. The van der Waals surface area contributed by atoms with Crippen molar-refractivity contribution in [3.63, 3.8) is 0 Å². The van der Waals surface area contributed by atoms with Crippen LogP contribution in [0.5, 0.6) is 0 Å². The minimum Gasteiger partial charge on any atom is -0.339 e. The number of rotatable bonds is 2. The van der Waals surface area contributed by atoms with Crippen molar-refractivity contribution in [2.45, 2.75) is 44.6 Å². The standard InChI is InChI=1S/C13H22N2O/c16-13(8-10-3-5-14-6-4-10)15-9-11-1-2-12(15)7-11/h10-12,14H,1-9H2/t11-,12-/m0/s1. The molecule has 16 heavy (non-hydrogen) atoms. The van der Waals surface area contributed by atoms with Crippen molar-refractivity contribution in [1.29, 1.82) is 0 Å². The molecule has 1 aliphatic carbocycles. The Morgan fingerprint density at radius 1 is 1.19 bits per heavy atom. The summed E-state index contributed by atoms with van der Waals surface area (Å²) in [7, 11) is 0. The fourth-order valence-electron chi connectivity index (χ4n) is 3.68. The zero-order valence-corrected chi connectivity index (χ0v) is 9.95. The molecular formula is C13H22N2O. The molecule has 3 fully saturated rings. The summed E-state index contributed by atoms with van der Waals surface area (Å²) in [5, 5.41) is 3.36. The number of piperidine rings is 2. The highest BCUT2D eigenvalue weighted by Crippen LogP contribution is 2.38. The van der Waals surface area contributed by atoms with E-state index >= 15 is 0 Å². The van der Waals surface area contributed by atoms with E-state index in [0.29, 0.717) is 17.9 Å². The van der Waals surface area contributed by atoms with Gasteiger partial charge in [0.25, 0.3) is 0 Å². The number of amides is 1. The largest absolute Gasteiger partial charge is 0.339 e. The van der Waals surface area contributed by atoms with E-state index in [1.54, 1.807) is 0 Å². The van der Waals surface area contributed by atoms with E-state index < -0.39 is 0 Å². The number of hydrogen-bond acceptors (Lipinski definition) is 2. The van der Waals surface area contributed by atoms with E-state index in [1.165, 1.54) is 32.1 Å². The summed E-state index contributed by atoms with van der Waals surface area (Å²) in [5.41, 5.74) is 0. The smallest absolute Gasteiger partial charge is 0.223 e. The fourth-order valence-corrected chi connectivity index (χ4v) is 3.68. The van der Waals surface area contributed by atoms with Crippen LogP contribution < -0.4 is 5.32 Å². The van der Waals surface area contributed by atoms with Crippen LogP contribution in [-0.4, -0.2) is 36.5 Å². The van der Waals surface area contributed by atoms with E-state index in [9.17, 15) is 4.79 Å². The maximum atomic E-state index is 12.2. The number of nitrogens with one attached hydrogen (secondary N) is 1. The van der Waals surface area contributed by atoms with Crippen molar-refractivity contribution >= 4 is 5.91 Å². The zero-order chi connectivity index (χ0) is 11.0. The number of fused-ring (bicyclic) bond motifs is 2. The molecule has 2 saturated heterocycles. The number of carbonyl (C=O) groups is 1. The highest BCUT2D eigenvalue weighted by atomic mass is 16.2. The molecule has 3 nitrogen and oxygen atoms in total. The van der Waals surface area contributed by atoms with Crippen molar-refractivity contribution in [2.75, 3.05) is 19.6 Å². The van der Waals surface area contributed by atoms with Gasteiger partial charge in [0.05, 0.1) is 0 Å². The third-order valence-electron chi connectivity index (χ3n) is 4.65. The molecule has 0 radical (unpaired) electrons. The summed E-state index contributed by atoms with van der Waals surface area (Å²) >= 11 is 0. The van der Waals surface area contributed by atoms with Crippen LogP contribution in [0.4, 0.5) is 0 Å². The second-order valence-electron chi connectivity index (χ2n) is 5.78. The van der Waals surface area contributed by atoms with Gasteiger partial charge < -0.3 is 10.2 Å². The molecule has 1 amide bonds. The Balaban J connectivity index is 1.53. The van der Waals surface area contributed by atoms with E-state index in [0.717, 1.165) is 32.0 Å². The van der Waals surface area contributed by atoms with E-state index in [4.69, 9.17) is 0 Å². The molecule has 90 valence electrons. The van der Waals surface area contributed by atoms with Crippen LogP contribution in [0.2, 0.25) is 0 Å². The topological polar surface area (TPSA) is 32.3 Å². The van der Waals surface area contributed by atoms with Crippen LogP contribution in [0, 0.1) is 11.8 Å². The average molecular weight is 222 g/mol. The van der Waals surface area contributed by atoms with Crippen LogP contribution in [0.15, 0.2) is 0 Å². The van der Waals surface area contributed by atoms with Gasteiger partial charge in [-0.2, -0.15) is 0 Å². The predicted molar refractivity (Wildman–Crippen MR) is 63.1 cm³/mol. The Kier molecular flexibility index (Phi) is 2.88. The summed E-state index contributed by atoms with van der Waals surface area (Å²) < 4.78 is 0. The number of carbonyl (C=O) groups excluding carboxylic acids is 1. The van der Waals surface area contributed by atoms with Gasteiger partial charge in [0, 0.05) is 19.0 Å². The average Bonchev–Trinajstić information content (AvgIpc) is 2.92. The van der Waals surface area contributed by atoms with Crippen molar-refractivity contribution in [3.8, 4) is 0 Å². The molecule has 2 aliphatic heterocycles. The third-order valence-corrected chi connectivity index (χ3v) is 4.65. The molecule has 3 heteroatoms. The first kappa shape index (κ1) is 10.6. The molecule has 2 bridgehead atoms. The molecule has 1 saturated carbocycles. The SMILES string of the molecule is O=C(CC1CCNCC1)N1C[C@H]2CC[C@H]1C2.